The lowest BCUT2D eigenvalue weighted by Crippen LogP contribution is -2.34. The van der Waals surface area contributed by atoms with E-state index in [-0.39, 0.29) is 6.61 Å². The second kappa shape index (κ2) is 5.56. The van der Waals surface area contributed by atoms with Crippen molar-refractivity contribution in [2.24, 2.45) is 0 Å². The highest BCUT2D eigenvalue weighted by atomic mass is 16.5. The first-order chi connectivity index (χ1) is 9.13. The molecule has 19 heavy (non-hydrogen) atoms. The molecule has 1 heterocycles. The van der Waals surface area contributed by atoms with Gasteiger partial charge in [0.25, 0.3) is 0 Å². The van der Waals surface area contributed by atoms with Gasteiger partial charge in [-0.2, -0.15) is 0 Å². The quantitative estimate of drug-likeness (QED) is 0.674. The molecule has 2 aromatic rings. The number of aromatic nitrogens is 1. The average Bonchev–Trinajstić information content (AvgIpc) is 2.81. The van der Waals surface area contributed by atoms with Crippen LogP contribution in [-0.2, 0) is 20.9 Å². The molecule has 5 heteroatoms. The number of esters is 1. The number of likely N-dealkylation sites (N-methyl/N-ethyl adjacent to an activating group) is 1. The van der Waals surface area contributed by atoms with Crippen molar-refractivity contribution in [3.8, 4) is 0 Å². The molecule has 2 rings (SSSR count). The zero-order valence-corrected chi connectivity index (χ0v) is 11.0. The van der Waals surface area contributed by atoms with Crippen molar-refractivity contribution in [2.75, 3.05) is 13.7 Å². The molecule has 1 amide bonds. The molecule has 0 aliphatic rings. The third-order valence-electron chi connectivity index (χ3n) is 2.88. The molecule has 1 N–H and O–H groups in total. The fourth-order valence-corrected chi connectivity index (χ4v) is 1.94. The van der Waals surface area contributed by atoms with E-state index >= 15 is 0 Å². The molecular weight excluding hydrogens is 244 g/mol. The number of hydrogen-bond acceptors (Lipinski definition) is 3. The average molecular weight is 260 g/mol. The summed E-state index contributed by atoms with van der Waals surface area (Å²) in [5.41, 5.74) is 1.98. The van der Waals surface area contributed by atoms with Crippen LogP contribution in [0.4, 0.5) is 0 Å². The van der Waals surface area contributed by atoms with Gasteiger partial charge in [-0.15, -0.1) is 0 Å². The van der Waals surface area contributed by atoms with Crippen LogP contribution in [0.15, 0.2) is 30.5 Å². The Morgan fingerprint density at radius 3 is 2.79 bits per heavy atom. The van der Waals surface area contributed by atoms with Crippen LogP contribution in [0.25, 0.3) is 10.9 Å². The Balaban J connectivity index is 2.12. The Hall–Kier alpha value is -2.30. The molecular formula is C14H16N2O3. The zero-order valence-electron chi connectivity index (χ0n) is 11.0. The summed E-state index contributed by atoms with van der Waals surface area (Å²) in [6, 6.07) is 7.82. The first kappa shape index (κ1) is 13.1. The Kier molecular flexibility index (Phi) is 3.85. The van der Waals surface area contributed by atoms with E-state index in [2.05, 4.69) is 4.98 Å². The van der Waals surface area contributed by atoms with Gasteiger partial charge in [0, 0.05) is 30.7 Å². The summed E-state index contributed by atoms with van der Waals surface area (Å²) >= 11 is 0. The second-order valence-corrected chi connectivity index (χ2v) is 4.24. The van der Waals surface area contributed by atoms with E-state index in [1.807, 2.05) is 30.5 Å². The summed E-state index contributed by atoms with van der Waals surface area (Å²) in [4.78, 5) is 27.6. The SMILES string of the molecule is CCOC(=O)C(=O)N(C)Cc1c[nH]c2ccccc12. The van der Waals surface area contributed by atoms with Gasteiger partial charge in [0.05, 0.1) is 6.61 Å². The van der Waals surface area contributed by atoms with Crippen LogP contribution in [-0.4, -0.2) is 35.4 Å². The predicted octanol–water partition coefficient (Wildman–Crippen LogP) is 1.69. The Labute approximate surface area is 111 Å². The van der Waals surface area contributed by atoms with Crippen LogP contribution in [0, 0.1) is 0 Å². The highest BCUT2D eigenvalue weighted by molar-refractivity contribution is 6.32. The predicted molar refractivity (Wildman–Crippen MR) is 71.4 cm³/mol. The van der Waals surface area contributed by atoms with Gasteiger partial charge in [0.2, 0.25) is 0 Å². The van der Waals surface area contributed by atoms with Crippen molar-refractivity contribution in [3.05, 3.63) is 36.0 Å². The number of benzene rings is 1. The highest BCUT2D eigenvalue weighted by Crippen LogP contribution is 2.18. The molecule has 0 atom stereocenters. The molecule has 1 aromatic carbocycles. The molecule has 0 fully saturated rings. The molecule has 0 saturated heterocycles. The van der Waals surface area contributed by atoms with Crippen molar-refractivity contribution in [3.63, 3.8) is 0 Å². The van der Waals surface area contributed by atoms with Crippen LogP contribution in [0.2, 0.25) is 0 Å². The summed E-state index contributed by atoms with van der Waals surface area (Å²) in [6.07, 6.45) is 1.85. The summed E-state index contributed by atoms with van der Waals surface area (Å²) in [6.45, 7) is 2.23. The molecule has 5 nitrogen and oxygen atoms in total. The van der Waals surface area contributed by atoms with Crippen LogP contribution in [0.3, 0.4) is 0 Å². The normalized spacial score (nSPS) is 10.4. The maximum absolute atomic E-state index is 11.7. The largest absolute Gasteiger partial charge is 0.459 e. The number of carbonyl (C=O) groups excluding carboxylic acids is 2. The number of ether oxygens (including phenoxy) is 1. The van der Waals surface area contributed by atoms with E-state index in [9.17, 15) is 9.59 Å². The van der Waals surface area contributed by atoms with E-state index in [1.165, 1.54) is 4.90 Å². The lowest BCUT2D eigenvalue weighted by atomic mass is 10.1. The summed E-state index contributed by atoms with van der Waals surface area (Å²) < 4.78 is 4.69. The van der Waals surface area contributed by atoms with E-state index in [0.717, 1.165) is 16.5 Å². The van der Waals surface area contributed by atoms with Crippen molar-refractivity contribution in [1.29, 1.82) is 0 Å². The maximum atomic E-state index is 11.7. The first-order valence-corrected chi connectivity index (χ1v) is 6.10. The number of aromatic amines is 1. The van der Waals surface area contributed by atoms with Crippen molar-refractivity contribution in [2.45, 2.75) is 13.5 Å². The Bertz CT molecular complexity index is 604. The second-order valence-electron chi connectivity index (χ2n) is 4.24. The minimum Gasteiger partial charge on any atom is -0.459 e. The summed E-state index contributed by atoms with van der Waals surface area (Å²) in [5.74, 6) is -1.45. The van der Waals surface area contributed by atoms with E-state index < -0.39 is 11.9 Å². The molecule has 0 saturated carbocycles. The van der Waals surface area contributed by atoms with Crippen molar-refractivity contribution < 1.29 is 14.3 Å². The van der Waals surface area contributed by atoms with Gasteiger partial charge >= 0.3 is 11.9 Å². The minimum atomic E-state index is -0.815. The van der Waals surface area contributed by atoms with Gasteiger partial charge in [-0.05, 0) is 18.6 Å². The number of hydrogen-bond donors (Lipinski definition) is 1. The summed E-state index contributed by atoms with van der Waals surface area (Å²) in [5, 5.41) is 1.05. The van der Waals surface area contributed by atoms with Crippen LogP contribution in [0.1, 0.15) is 12.5 Å². The summed E-state index contributed by atoms with van der Waals surface area (Å²) in [7, 11) is 1.58. The molecule has 0 radical (unpaired) electrons. The number of amides is 1. The van der Waals surface area contributed by atoms with Gasteiger partial charge in [0.1, 0.15) is 0 Å². The number of nitrogens with one attached hydrogen (secondary N) is 1. The zero-order chi connectivity index (χ0) is 13.8. The Morgan fingerprint density at radius 2 is 2.05 bits per heavy atom. The molecule has 0 bridgehead atoms. The first-order valence-electron chi connectivity index (χ1n) is 6.10. The Morgan fingerprint density at radius 1 is 1.32 bits per heavy atom. The lowest BCUT2D eigenvalue weighted by Gasteiger charge is -2.15. The van der Waals surface area contributed by atoms with E-state index in [0.29, 0.717) is 6.54 Å². The number of rotatable bonds is 3. The number of para-hydroxylation sites is 1. The molecule has 0 unspecified atom stereocenters. The molecule has 100 valence electrons. The van der Waals surface area contributed by atoms with E-state index in [4.69, 9.17) is 4.74 Å². The molecule has 0 aliphatic carbocycles. The third kappa shape index (κ3) is 2.76. The fourth-order valence-electron chi connectivity index (χ4n) is 1.94. The standard InChI is InChI=1S/C14H16N2O3/c1-3-19-14(18)13(17)16(2)9-10-8-15-12-7-5-4-6-11(10)12/h4-8,15H,3,9H2,1-2H3. The number of nitrogens with zero attached hydrogens (tertiary/aromatic N) is 1. The molecule has 0 aliphatic heterocycles. The fraction of sp³-hybridized carbons (Fsp3) is 0.286. The van der Waals surface area contributed by atoms with Crippen molar-refractivity contribution >= 4 is 22.8 Å². The highest BCUT2D eigenvalue weighted by Gasteiger charge is 2.20. The number of carbonyl (C=O) groups is 2. The van der Waals surface area contributed by atoms with Gasteiger partial charge in [-0.1, -0.05) is 18.2 Å². The number of H-pyrrole nitrogens is 1. The van der Waals surface area contributed by atoms with Crippen LogP contribution in [0.5, 0.6) is 0 Å². The van der Waals surface area contributed by atoms with Crippen LogP contribution >= 0.6 is 0 Å². The smallest absolute Gasteiger partial charge is 0.397 e. The third-order valence-corrected chi connectivity index (χ3v) is 2.88. The minimum absolute atomic E-state index is 0.200. The maximum Gasteiger partial charge on any atom is 0.397 e. The van der Waals surface area contributed by atoms with Gasteiger partial charge < -0.3 is 14.6 Å². The monoisotopic (exact) mass is 260 g/mol. The van der Waals surface area contributed by atoms with Gasteiger partial charge in [0.15, 0.2) is 0 Å². The van der Waals surface area contributed by atoms with Crippen molar-refractivity contribution in [1.82, 2.24) is 9.88 Å². The van der Waals surface area contributed by atoms with Gasteiger partial charge in [-0.3, -0.25) is 4.79 Å². The van der Waals surface area contributed by atoms with Gasteiger partial charge in [-0.25, -0.2) is 4.79 Å². The number of fused-ring (bicyclic) bond motifs is 1. The molecule has 1 aromatic heterocycles. The topological polar surface area (TPSA) is 62.4 Å². The van der Waals surface area contributed by atoms with Crippen LogP contribution < -0.4 is 0 Å². The molecule has 0 spiro atoms. The van der Waals surface area contributed by atoms with E-state index in [1.54, 1.807) is 14.0 Å². The lowest BCUT2D eigenvalue weighted by molar-refractivity contribution is -0.159.